The highest BCUT2D eigenvalue weighted by Gasteiger charge is 2.35. The van der Waals surface area contributed by atoms with Crippen LogP contribution in [0.15, 0.2) is 78.9 Å². The molecule has 0 radical (unpaired) electrons. The third-order valence-corrected chi connectivity index (χ3v) is 9.32. The number of aliphatic hydroxyl groups is 2. The van der Waals surface area contributed by atoms with Gasteiger partial charge in [0.1, 0.15) is 18.0 Å². The molecular weight excluding hydrogens is 620 g/mol. The van der Waals surface area contributed by atoms with Crippen LogP contribution in [-0.2, 0) is 38.3 Å². The molecule has 0 unspecified atom stereocenters. The maximum Gasteiger partial charge on any atom is 0.306 e. The van der Waals surface area contributed by atoms with E-state index in [1.165, 1.54) is 0 Å². The lowest BCUT2D eigenvalue weighted by molar-refractivity contribution is -0.157. The quantitative estimate of drug-likeness (QED) is 0.200. The fraction of sp³-hybridized carbons (Fsp3) is 0.500. The van der Waals surface area contributed by atoms with Gasteiger partial charge in [-0.15, -0.1) is 0 Å². The van der Waals surface area contributed by atoms with Gasteiger partial charge in [-0.25, -0.2) is 0 Å². The van der Waals surface area contributed by atoms with Crippen LogP contribution in [0.1, 0.15) is 61.9 Å². The van der Waals surface area contributed by atoms with Gasteiger partial charge in [0.05, 0.1) is 37.9 Å². The molecule has 1 aliphatic carbocycles. The van der Waals surface area contributed by atoms with Gasteiger partial charge in [0.25, 0.3) is 0 Å². The average molecular weight is 673 g/mol. The van der Waals surface area contributed by atoms with Crippen molar-refractivity contribution in [2.75, 3.05) is 39.5 Å². The summed E-state index contributed by atoms with van der Waals surface area (Å²) in [5.41, 5.74) is 3.19. The molecule has 0 spiro atoms. The molecule has 9 nitrogen and oxygen atoms in total. The van der Waals surface area contributed by atoms with Crippen LogP contribution in [0.5, 0.6) is 5.75 Å². The standard InChI is InChI=1S/C40H52N2O7/c1-40(2,3)49-37(45)27-31(23-28-9-5-4-6-10-28)35(43)26-32(39(46)41-38-34-12-8-7-11-30(34)25-36(38)44)24-29-13-15-33(16-14-29)48-22-19-42-17-20-47-21-18-42/h4-16,31-32,35-36,38,43-44H,17-27H2,1-3H3,(H,41,46)/t31-,32-,35+,36-,38+/m1/s1. The highest BCUT2D eigenvalue weighted by molar-refractivity contribution is 5.80. The van der Waals surface area contributed by atoms with Crippen LogP contribution in [0.2, 0.25) is 0 Å². The number of hydrogen-bond donors (Lipinski definition) is 3. The smallest absolute Gasteiger partial charge is 0.306 e. The van der Waals surface area contributed by atoms with Crippen LogP contribution in [-0.4, -0.2) is 84.3 Å². The zero-order valence-corrected chi connectivity index (χ0v) is 29.1. The summed E-state index contributed by atoms with van der Waals surface area (Å²) in [5, 5.41) is 25.8. The number of nitrogens with zero attached hydrogens (tertiary/aromatic N) is 1. The highest BCUT2D eigenvalue weighted by atomic mass is 16.6. The predicted molar refractivity (Wildman–Crippen MR) is 188 cm³/mol. The molecule has 0 bridgehead atoms. The number of aliphatic hydroxyl groups excluding tert-OH is 2. The van der Waals surface area contributed by atoms with Gasteiger partial charge in [0, 0.05) is 32.0 Å². The van der Waals surface area contributed by atoms with Crippen molar-refractivity contribution < 1.29 is 34.0 Å². The van der Waals surface area contributed by atoms with E-state index in [1.54, 1.807) is 0 Å². The number of rotatable bonds is 15. The van der Waals surface area contributed by atoms with E-state index in [1.807, 2.05) is 99.6 Å². The lowest BCUT2D eigenvalue weighted by Crippen LogP contribution is -2.41. The molecule has 49 heavy (non-hydrogen) atoms. The summed E-state index contributed by atoms with van der Waals surface area (Å²) in [6, 6.07) is 24.7. The number of esters is 1. The number of amides is 1. The number of carbonyl (C=O) groups excluding carboxylic acids is 2. The Kier molecular flexibility index (Phi) is 12.9. The Labute approximate surface area is 290 Å². The Hall–Kier alpha value is -3.76. The first kappa shape index (κ1) is 36.5. The van der Waals surface area contributed by atoms with Gasteiger partial charge in [-0.3, -0.25) is 14.5 Å². The summed E-state index contributed by atoms with van der Waals surface area (Å²) in [7, 11) is 0. The van der Waals surface area contributed by atoms with Crippen molar-refractivity contribution in [3.8, 4) is 5.75 Å². The van der Waals surface area contributed by atoms with Crippen molar-refractivity contribution in [2.45, 2.75) is 76.7 Å². The predicted octanol–water partition coefficient (Wildman–Crippen LogP) is 4.67. The molecule has 1 aliphatic heterocycles. The summed E-state index contributed by atoms with van der Waals surface area (Å²) in [6.45, 7) is 10.2. The molecule has 3 aromatic carbocycles. The largest absolute Gasteiger partial charge is 0.492 e. The summed E-state index contributed by atoms with van der Waals surface area (Å²) in [6.07, 6.45) is -0.254. The third-order valence-electron chi connectivity index (χ3n) is 9.32. The minimum atomic E-state index is -0.966. The Morgan fingerprint density at radius 3 is 2.33 bits per heavy atom. The maximum absolute atomic E-state index is 14.1. The van der Waals surface area contributed by atoms with Gasteiger partial charge >= 0.3 is 5.97 Å². The van der Waals surface area contributed by atoms with Crippen LogP contribution in [0, 0.1) is 11.8 Å². The number of fused-ring (bicyclic) bond motifs is 1. The minimum Gasteiger partial charge on any atom is -0.492 e. The molecule has 1 saturated heterocycles. The van der Waals surface area contributed by atoms with E-state index >= 15 is 0 Å². The molecule has 1 heterocycles. The van der Waals surface area contributed by atoms with Gasteiger partial charge in [0.2, 0.25) is 5.91 Å². The van der Waals surface area contributed by atoms with Crippen molar-refractivity contribution >= 4 is 11.9 Å². The summed E-state index contributed by atoms with van der Waals surface area (Å²) >= 11 is 0. The van der Waals surface area contributed by atoms with Crippen LogP contribution >= 0.6 is 0 Å². The van der Waals surface area contributed by atoms with E-state index in [0.717, 1.165) is 60.9 Å². The second-order valence-corrected chi connectivity index (χ2v) is 14.3. The second-order valence-electron chi connectivity index (χ2n) is 14.3. The van der Waals surface area contributed by atoms with E-state index in [4.69, 9.17) is 14.2 Å². The summed E-state index contributed by atoms with van der Waals surface area (Å²) in [4.78, 5) is 29.4. The van der Waals surface area contributed by atoms with Crippen LogP contribution in [0.25, 0.3) is 0 Å². The van der Waals surface area contributed by atoms with Gasteiger partial charge in [-0.05, 0) is 80.3 Å². The average Bonchev–Trinajstić information content (AvgIpc) is 3.39. The topological polar surface area (TPSA) is 118 Å². The molecule has 264 valence electrons. The van der Waals surface area contributed by atoms with Crippen molar-refractivity contribution in [1.82, 2.24) is 10.2 Å². The number of benzene rings is 3. The Morgan fingerprint density at radius 1 is 0.939 bits per heavy atom. The van der Waals surface area contributed by atoms with Crippen molar-refractivity contribution in [3.63, 3.8) is 0 Å². The first-order valence-electron chi connectivity index (χ1n) is 17.6. The van der Waals surface area contributed by atoms with Crippen molar-refractivity contribution in [2.24, 2.45) is 11.8 Å². The number of carbonyl (C=O) groups is 2. The van der Waals surface area contributed by atoms with E-state index < -0.39 is 35.7 Å². The van der Waals surface area contributed by atoms with Crippen LogP contribution in [0.3, 0.4) is 0 Å². The molecule has 0 aromatic heterocycles. The fourth-order valence-corrected chi connectivity index (χ4v) is 6.77. The molecule has 1 amide bonds. The number of morpholine rings is 1. The normalized spacial score (nSPS) is 19.8. The maximum atomic E-state index is 14.1. The van der Waals surface area contributed by atoms with Gasteiger partial charge in [-0.2, -0.15) is 0 Å². The minimum absolute atomic E-state index is 0.0207. The van der Waals surface area contributed by atoms with Gasteiger partial charge < -0.3 is 29.7 Å². The number of nitrogens with one attached hydrogen (secondary N) is 1. The number of ether oxygens (including phenoxy) is 3. The molecule has 3 N–H and O–H groups in total. The lowest BCUT2D eigenvalue weighted by atomic mass is 9.83. The van der Waals surface area contributed by atoms with Gasteiger partial charge in [-0.1, -0.05) is 66.7 Å². The summed E-state index contributed by atoms with van der Waals surface area (Å²) in [5.74, 6) is -0.971. The lowest BCUT2D eigenvalue weighted by Gasteiger charge is -2.29. The Balaban J connectivity index is 1.31. The molecular formula is C40H52N2O7. The SMILES string of the molecule is CC(C)(C)OC(=O)C[C@@H](Cc1ccccc1)[C@@H](O)C[C@@H](Cc1ccc(OCCN2CCOCC2)cc1)C(=O)N[C@H]1c2ccccc2C[C@H]1O. The zero-order valence-electron chi connectivity index (χ0n) is 29.1. The molecule has 3 aromatic rings. The van der Waals surface area contributed by atoms with Crippen molar-refractivity contribution in [3.05, 3.63) is 101 Å². The highest BCUT2D eigenvalue weighted by Crippen LogP contribution is 2.33. The zero-order chi connectivity index (χ0) is 34.8. The molecule has 1 fully saturated rings. The Bertz CT molecular complexity index is 1480. The second kappa shape index (κ2) is 17.3. The molecule has 9 heteroatoms. The molecule has 2 aliphatic rings. The van der Waals surface area contributed by atoms with E-state index in [9.17, 15) is 19.8 Å². The van der Waals surface area contributed by atoms with Crippen LogP contribution in [0.4, 0.5) is 0 Å². The monoisotopic (exact) mass is 672 g/mol. The Morgan fingerprint density at radius 2 is 1.61 bits per heavy atom. The van der Waals surface area contributed by atoms with Gasteiger partial charge in [0.15, 0.2) is 0 Å². The van der Waals surface area contributed by atoms with Crippen molar-refractivity contribution in [1.29, 1.82) is 0 Å². The van der Waals surface area contributed by atoms with E-state index in [0.29, 0.717) is 25.9 Å². The first-order valence-corrected chi connectivity index (χ1v) is 17.6. The van der Waals surface area contributed by atoms with E-state index in [-0.39, 0.29) is 24.7 Å². The van der Waals surface area contributed by atoms with E-state index in [2.05, 4.69) is 10.2 Å². The first-order chi connectivity index (χ1) is 23.5. The molecule has 5 rings (SSSR count). The fourth-order valence-electron chi connectivity index (χ4n) is 6.77. The van der Waals surface area contributed by atoms with Crippen LogP contribution < -0.4 is 10.1 Å². The third kappa shape index (κ3) is 11.1. The number of hydrogen-bond acceptors (Lipinski definition) is 8. The molecule has 0 saturated carbocycles. The molecule has 5 atom stereocenters. The summed E-state index contributed by atoms with van der Waals surface area (Å²) < 4.78 is 17.1.